The second-order valence-electron chi connectivity index (χ2n) is 4.79. The zero-order chi connectivity index (χ0) is 14.5. The molecule has 6 heteroatoms. The molecule has 1 unspecified atom stereocenters. The van der Waals surface area contributed by atoms with Gasteiger partial charge in [0.15, 0.2) is 5.84 Å². The molecule has 0 aliphatic carbocycles. The summed E-state index contributed by atoms with van der Waals surface area (Å²) >= 11 is 0. The first kappa shape index (κ1) is 14.3. The molecule has 2 rings (SSSR count). The highest BCUT2D eigenvalue weighted by Gasteiger charge is 2.23. The molecule has 20 heavy (non-hydrogen) atoms. The number of anilines is 1. The second kappa shape index (κ2) is 6.38. The molecule has 0 aromatic heterocycles. The molecule has 0 saturated carbocycles. The van der Waals surface area contributed by atoms with Gasteiger partial charge in [0.2, 0.25) is 5.91 Å². The standard InChI is InChI=1S/C14H19N3O3/c1-17(13(18)9-10-5-4-8-20-10)12-7-3-2-6-11(12)14(15)16-19/h2-3,6-7,10,19H,4-5,8-9H2,1H3,(H2,15,16). The summed E-state index contributed by atoms with van der Waals surface area (Å²) in [6.07, 6.45) is 2.27. The van der Waals surface area contributed by atoms with Crippen molar-refractivity contribution in [1.82, 2.24) is 0 Å². The van der Waals surface area contributed by atoms with E-state index in [0.717, 1.165) is 19.4 Å². The van der Waals surface area contributed by atoms with Crippen molar-refractivity contribution in [3.05, 3.63) is 29.8 Å². The lowest BCUT2D eigenvalue weighted by atomic mass is 10.1. The van der Waals surface area contributed by atoms with E-state index in [9.17, 15) is 4.79 Å². The highest BCUT2D eigenvalue weighted by atomic mass is 16.5. The number of oxime groups is 1. The first-order chi connectivity index (χ1) is 9.63. The van der Waals surface area contributed by atoms with Crippen LogP contribution in [0, 0.1) is 0 Å². The van der Waals surface area contributed by atoms with Crippen molar-refractivity contribution >= 4 is 17.4 Å². The van der Waals surface area contributed by atoms with E-state index >= 15 is 0 Å². The number of hydrogen-bond donors (Lipinski definition) is 2. The number of amides is 1. The highest BCUT2D eigenvalue weighted by molar-refractivity contribution is 6.06. The number of nitrogens with zero attached hydrogens (tertiary/aromatic N) is 2. The topological polar surface area (TPSA) is 88.2 Å². The van der Waals surface area contributed by atoms with Crippen molar-refractivity contribution in [2.24, 2.45) is 10.9 Å². The largest absolute Gasteiger partial charge is 0.409 e. The fraction of sp³-hybridized carbons (Fsp3) is 0.429. The highest BCUT2D eigenvalue weighted by Crippen LogP contribution is 2.22. The summed E-state index contributed by atoms with van der Waals surface area (Å²) in [4.78, 5) is 13.8. The third-order valence-electron chi connectivity index (χ3n) is 3.45. The molecule has 1 fully saturated rings. The van der Waals surface area contributed by atoms with Gasteiger partial charge in [0, 0.05) is 19.2 Å². The molecule has 0 bridgehead atoms. The smallest absolute Gasteiger partial charge is 0.229 e. The van der Waals surface area contributed by atoms with Crippen LogP contribution in [-0.4, -0.2) is 36.7 Å². The van der Waals surface area contributed by atoms with Gasteiger partial charge in [0.05, 0.1) is 18.2 Å². The lowest BCUT2D eigenvalue weighted by Crippen LogP contribution is -2.31. The average Bonchev–Trinajstić information content (AvgIpc) is 2.98. The Bertz CT molecular complexity index is 510. The minimum atomic E-state index is -0.0462. The normalized spacial score (nSPS) is 19.1. The Kier molecular flexibility index (Phi) is 4.57. The van der Waals surface area contributed by atoms with E-state index in [0.29, 0.717) is 17.7 Å². The molecular formula is C14H19N3O3. The molecule has 1 aliphatic rings. The summed E-state index contributed by atoms with van der Waals surface area (Å²) in [6, 6.07) is 7.05. The van der Waals surface area contributed by atoms with Crippen molar-refractivity contribution in [3.63, 3.8) is 0 Å². The Morgan fingerprint density at radius 3 is 2.95 bits per heavy atom. The molecule has 1 saturated heterocycles. The monoisotopic (exact) mass is 277 g/mol. The number of rotatable bonds is 4. The molecule has 1 atom stereocenters. The summed E-state index contributed by atoms with van der Waals surface area (Å²) in [5.41, 5.74) is 6.78. The predicted octanol–water partition coefficient (Wildman–Crippen LogP) is 1.31. The summed E-state index contributed by atoms with van der Waals surface area (Å²) < 4.78 is 5.47. The minimum Gasteiger partial charge on any atom is -0.409 e. The molecule has 3 N–H and O–H groups in total. The van der Waals surface area contributed by atoms with Gasteiger partial charge >= 0.3 is 0 Å². The quantitative estimate of drug-likeness (QED) is 0.376. The SMILES string of the molecule is CN(C(=O)CC1CCCO1)c1ccccc1/C(N)=N/O. The first-order valence-corrected chi connectivity index (χ1v) is 6.58. The van der Waals surface area contributed by atoms with E-state index in [-0.39, 0.29) is 17.8 Å². The van der Waals surface area contributed by atoms with Gasteiger partial charge in [-0.3, -0.25) is 4.79 Å². The number of hydrogen-bond acceptors (Lipinski definition) is 4. The van der Waals surface area contributed by atoms with Gasteiger partial charge in [0.1, 0.15) is 0 Å². The molecule has 0 radical (unpaired) electrons. The maximum absolute atomic E-state index is 12.3. The van der Waals surface area contributed by atoms with Crippen molar-refractivity contribution in [2.75, 3.05) is 18.6 Å². The van der Waals surface area contributed by atoms with Crippen LogP contribution >= 0.6 is 0 Å². The third kappa shape index (κ3) is 3.08. The average molecular weight is 277 g/mol. The van der Waals surface area contributed by atoms with Crippen molar-refractivity contribution in [3.8, 4) is 0 Å². The van der Waals surface area contributed by atoms with Gasteiger partial charge in [-0.1, -0.05) is 17.3 Å². The second-order valence-corrected chi connectivity index (χ2v) is 4.79. The molecule has 1 aromatic carbocycles. The lowest BCUT2D eigenvalue weighted by Gasteiger charge is -2.21. The Labute approximate surface area is 117 Å². The molecular weight excluding hydrogens is 258 g/mol. The molecule has 1 heterocycles. The van der Waals surface area contributed by atoms with Crippen LogP contribution in [0.3, 0.4) is 0 Å². The zero-order valence-corrected chi connectivity index (χ0v) is 11.5. The Balaban J connectivity index is 2.15. The number of amidine groups is 1. The lowest BCUT2D eigenvalue weighted by molar-refractivity contribution is -0.120. The number of para-hydroxylation sites is 1. The summed E-state index contributed by atoms with van der Waals surface area (Å²) in [5, 5.41) is 11.8. The number of carbonyl (C=O) groups is 1. The van der Waals surface area contributed by atoms with Crippen LogP contribution in [-0.2, 0) is 9.53 Å². The third-order valence-corrected chi connectivity index (χ3v) is 3.45. The fourth-order valence-electron chi connectivity index (χ4n) is 2.31. The van der Waals surface area contributed by atoms with Crippen molar-refractivity contribution in [1.29, 1.82) is 0 Å². The molecule has 1 aliphatic heterocycles. The Morgan fingerprint density at radius 1 is 1.55 bits per heavy atom. The Hall–Kier alpha value is -2.08. The first-order valence-electron chi connectivity index (χ1n) is 6.58. The van der Waals surface area contributed by atoms with E-state index in [4.69, 9.17) is 15.7 Å². The molecule has 1 aromatic rings. The Morgan fingerprint density at radius 2 is 2.30 bits per heavy atom. The number of carbonyl (C=O) groups excluding carboxylic acids is 1. The van der Waals surface area contributed by atoms with E-state index in [1.807, 2.05) is 0 Å². The van der Waals surface area contributed by atoms with Gasteiger partial charge in [-0.2, -0.15) is 0 Å². The van der Waals surface area contributed by atoms with Crippen LogP contribution in [0.1, 0.15) is 24.8 Å². The molecule has 108 valence electrons. The van der Waals surface area contributed by atoms with Gasteiger partial charge in [-0.05, 0) is 25.0 Å². The fourth-order valence-corrected chi connectivity index (χ4v) is 2.31. The van der Waals surface area contributed by atoms with Gasteiger partial charge < -0.3 is 20.6 Å². The number of nitrogens with two attached hydrogens (primary N) is 1. The maximum Gasteiger partial charge on any atom is 0.229 e. The van der Waals surface area contributed by atoms with E-state index < -0.39 is 0 Å². The van der Waals surface area contributed by atoms with Crippen molar-refractivity contribution < 1.29 is 14.7 Å². The zero-order valence-electron chi connectivity index (χ0n) is 11.5. The van der Waals surface area contributed by atoms with Crippen LogP contribution in [0.15, 0.2) is 29.4 Å². The maximum atomic E-state index is 12.3. The van der Waals surface area contributed by atoms with Crippen LogP contribution < -0.4 is 10.6 Å². The van der Waals surface area contributed by atoms with Crippen molar-refractivity contribution in [2.45, 2.75) is 25.4 Å². The van der Waals surface area contributed by atoms with Crippen LogP contribution in [0.2, 0.25) is 0 Å². The van der Waals surface area contributed by atoms with Gasteiger partial charge in [0.25, 0.3) is 0 Å². The molecule has 6 nitrogen and oxygen atoms in total. The van der Waals surface area contributed by atoms with Crippen LogP contribution in [0.25, 0.3) is 0 Å². The van der Waals surface area contributed by atoms with Crippen LogP contribution in [0.4, 0.5) is 5.69 Å². The van der Waals surface area contributed by atoms with E-state index in [2.05, 4.69) is 5.16 Å². The summed E-state index contributed by atoms with van der Waals surface area (Å²) in [5.74, 6) is -0.0625. The van der Waals surface area contributed by atoms with Gasteiger partial charge in [-0.25, -0.2) is 0 Å². The van der Waals surface area contributed by atoms with Crippen LogP contribution in [0.5, 0.6) is 0 Å². The van der Waals surface area contributed by atoms with Gasteiger partial charge in [-0.15, -0.1) is 0 Å². The van der Waals surface area contributed by atoms with E-state index in [1.165, 1.54) is 4.90 Å². The summed E-state index contributed by atoms with van der Waals surface area (Å²) in [6.45, 7) is 0.725. The molecule has 1 amide bonds. The number of ether oxygens (including phenoxy) is 1. The minimum absolute atomic E-state index is 0.000896. The molecule has 0 spiro atoms. The number of benzene rings is 1. The summed E-state index contributed by atoms with van der Waals surface area (Å²) in [7, 11) is 1.68. The van der Waals surface area contributed by atoms with E-state index in [1.54, 1.807) is 31.3 Å². The predicted molar refractivity (Wildman–Crippen MR) is 76.0 cm³/mol.